The van der Waals surface area contributed by atoms with Crippen molar-refractivity contribution >= 4 is 22.6 Å². The Bertz CT molecular complexity index is 835. The third kappa shape index (κ3) is 2.33. The first kappa shape index (κ1) is 13.2. The molecule has 5 nitrogen and oxygen atoms in total. The van der Waals surface area contributed by atoms with Crippen molar-refractivity contribution in [1.29, 1.82) is 0 Å². The zero-order valence-corrected chi connectivity index (χ0v) is 11.7. The summed E-state index contributed by atoms with van der Waals surface area (Å²) in [5.74, 6) is 0.288. The number of hydrogen-bond donors (Lipinski definition) is 2. The van der Waals surface area contributed by atoms with E-state index in [1.54, 1.807) is 6.07 Å². The Labute approximate surface area is 122 Å². The van der Waals surface area contributed by atoms with Gasteiger partial charge < -0.3 is 16.0 Å². The molecule has 0 unspecified atom stereocenters. The van der Waals surface area contributed by atoms with Crippen molar-refractivity contribution in [1.82, 2.24) is 9.55 Å². The van der Waals surface area contributed by atoms with E-state index in [0.29, 0.717) is 17.0 Å². The van der Waals surface area contributed by atoms with Crippen molar-refractivity contribution in [3.05, 3.63) is 48.0 Å². The number of fused-ring (bicyclic) bond motifs is 1. The summed E-state index contributed by atoms with van der Waals surface area (Å²) in [4.78, 5) is 16.0. The van der Waals surface area contributed by atoms with Crippen LogP contribution in [0.25, 0.3) is 22.4 Å². The van der Waals surface area contributed by atoms with Gasteiger partial charge in [-0.2, -0.15) is 0 Å². The maximum atomic E-state index is 11.4. The highest BCUT2D eigenvalue weighted by Gasteiger charge is 2.15. The zero-order chi connectivity index (χ0) is 15.0. The number of carbonyl (C=O) groups is 1. The quantitative estimate of drug-likeness (QED) is 0.720. The van der Waals surface area contributed by atoms with Crippen LogP contribution in [0.15, 0.2) is 42.5 Å². The van der Waals surface area contributed by atoms with E-state index >= 15 is 0 Å². The molecule has 3 aromatic rings. The number of hydrogen-bond acceptors (Lipinski definition) is 3. The van der Waals surface area contributed by atoms with Gasteiger partial charge >= 0.3 is 0 Å². The predicted molar refractivity (Wildman–Crippen MR) is 83.5 cm³/mol. The van der Waals surface area contributed by atoms with Crippen LogP contribution in [0.5, 0.6) is 0 Å². The molecule has 4 N–H and O–H groups in total. The first-order valence-electron chi connectivity index (χ1n) is 6.66. The molecule has 3 rings (SSSR count). The van der Waals surface area contributed by atoms with Crippen LogP contribution in [0.4, 0.5) is 5.69 Å². The highest BCUT2D eigenvalue weighted by molar-refractivity contribution is 5.91. The average Bonchev–Trinajstić information content (AvgIpc) is 2.79. The molecule has 5 heteroatoms. The molecule has 0 aliphatic carbocycles. The number of anilines is 1. The van der Waals surface area contributed by atoms with Gasteiger partial charge in [-0.1, -0.05) is 29.8 Å². The molecule has 0 saturated heterocycles. The SMILES string of the molecule is Cc1cccc(-c2nc3c(N)cccc3n2CC(N)=O)c1. The molecule has 0 saturated carbocycles. The van der Waals surface area contributed by atoms with Crippen LogP contribution in [0.3, 0.4) is 0 Å². The minimum absolute atomic E-state index is 0.0726. The second-order valence-corrected chi connectivity index (χ2v) is 5.07. The molecule has 0 fully saturated rings. The summed E-state index contributed by atoms with van der Waals surface area (Å²) in [5, 5.41) is 0. The topological polar surface area (TPSA) is 86.9 Å². The lowest BCUT2D eigenvalue weighted by molar-refractivity contribution is -0.118. The van der Waals surface area contributed by atoms with Gasteiger partial charge in [0.15, 0.2) is 0 Å². The van der Waals surface area contributed by atoms with Gasteiger partial charge in [-0.3, -0.25) is 4.79 Å². The Balaban J connectivity index is 2.30. The number of para-hydroxylation sites is 1. The fourth-order valence-electron chi connectivity index (χ4n) is 2.49. The molecule has 1 heterocycles. The van der Waals surface area contributed by atoms with Crippen molar-refractivity contribution in [3.8, 4) is 11.4 Å². The minimum Gasteiger partial charge on any atom is -0.397 e. The minimum atomic E-state index is -0.411. The van der Waals surface area contributed by atoms with Gasteiger partial charge in [-0.25, -0.2) is 4.98 Å². The van der Waals surface area contributed by atoms with Crippen molar-refractivity contribution < 1.29 is 4.79 Å². The Morgan fingerprint density at radius 2 is 2.00 bits per heavy atom. The van der Waals surface area contributed by atoms with Crippen LogP contribution in [0, 0.1) is 6.92 Å². The Kier molecular flexibility index (Phi) is 3.10. The number of aromatic nitrogens is 2. The average molecular weight is 280 g/mol. The van der Waals surface area contributed by atoms with E-state index in [0.717, 1.165) is 16.6 Å². The highest BCUT2D eigenvalue weighted by Crippen LogP contribution is 2.28. The van der Waals surface area contributed by atoms with E-state index < -0.39 is 5.91 Å². The Morgan fingerprint density at radius 3 is 2.71 bits per heavy atom. The second kappa shape index (κ2) is 4.94. The summed E-state index contributed by atoms with van der Waals surface area (Å²) >= 11 is 0. The van der Waals surface area contributed by atoms with Gasteiger partial charge in [-0.05, 0) is 25.1 Å². The van der Waals surface area contributed by atoms with Crippen LogP contribution in [0.1, 0.15) is 5.56 Å². The fraction of sp³-hybridized carbons (Fsp3) is 0.125. The number of nitrogens with two attached hydrogens (primary N) is 2. The smallest absolute Gasteiger partial charge is 0.237 e. The summed E-state index contributed by atoms with van der Waals surface area (Å²) < 4.78 is 1.81. The van der Waals surface area contributed by atoms with Crippen molar-refractivity contribution in [2.75, 3.05) is 5.73 Å². The van der Waals surface area contributed by atoms with E-state index in [-0.39, 0.29) is 6.54 Å². The van der Waals surface area contributed by atoms with Gasteiger partial charge in [-0.15, -0.1) is 0 Å². The van der Waals surface area contributed by atoms with Crippen LogP contribution < -0.4 is 11.5 Å². The lowest BCUT2D eigenvalue weighted by Crippen LogP contribution is -2.19. The number of imidazole rings is 1. The van der Waals surface area contributed by atoms with Crippen LogP contribution >= 0.6 is 0 Å². The van der Waals surface area contributed by atoms with E-state index in [1.165, 1.54) is 0 Å². The first-order chi connectivity index (χ1) is 10.1. The van der Waals surface area contributed by atoms with Gasteiger partial charge in [0.1, 0.15) is 17.9 Å². The largest absolute Gasteiger partial charge is 0.397 e. The molecular formula is C16H16N4O. The maximum absolute atomic E-state index is 11.4. The molecule has 2 aromatic carbocycles. The summed E-state index contributed by atoms with van der Waals surface area (Å²) in [6, 6.07) is 13.5. The summed E-state index contributed by atoms with van der Waals surface area (Å²) in [7, 11) is 0. The summed E-state index contributed by atoms with van der Waals surface area (Å²) in [6.07, 6.45) is 0. The number of rotatable bonds is 3. The summed E-state index contributed by atoms with van der Waals surface area (Å²) in [5.41, 5.74) is 15.5. The number of aryl methyl sites for hydroxylation is 1. The highest BCUT2D eigenvalue weighted by atomic mass is 16.1. The molecule has 21 heavy (non-hydrogen) atoms. The molecule has 1 aromatic heterocycles. The number of nitrogen functional groups attached to an aromatic ring is 1. The normalized spacial score (nSPS) is 10.9. The van der Waals surface area contributed by atoms with Crippen molar-refractivity contribution in [2.24, 2.45) is 5.73 Å². The van der Waals surface area contributed by atoms with E-state index in [4.69, 9.17) is 11.5 Å². The molecule has 1 amide bonds. The Morgan fingerprint density at radius 1 is 1.24 bits per heavy atom. The monoisotopic (exact) mass is 280 g/mol. The molecule has 106 valence electrons. The van der Waals surface area contributed by atoms with Crippen molar-refractivity contribution in [3.63, 3.8) is 0 Å². The predicted octanol–water partition coefficient (Wildman–Crippen LogP) is 2.08. The second-order valence-electron chi connectivity index (χ2n) is 5.07. The van der Waals surface area contributed by atoms with E-state index in [9.17, 15) is 4.79 Å². The van der Waals surface area contributed by atoms with Gasteiger partial charge in [0.2, 0.25) is 5.91 Å². The number of amides is 1. The molecular weight excluding hydrogens is 264 g/mol. The van der Waals surface area contributed by atoms with Crippen LogP contribution in [-0.4, -0.2) is 15.5 Å². The number of benzene rings is 2. The van der Waals surface area contributed by atoms with Gasteiger partial charge in [0.05, 0.1) is 11.2 Å². The third-order valence-corrected chi connectivity index (χ3v) is 3.40. The molecule has 0 spiro atoms. The third-order valence-electron chi connectivity index (χ3n) is 3.40. The molecule has 0 bridgehead atoms. The number of nitrogens with zero attached hydrogens (tertiary/aromatic N) is 2. The lowest BCUT2D eigenvalue weighted by Gasteiger charge is -2.07. The number of carbonyl (C=O) groups excluding carboxylic acids is 1. The van der Waals surface area contributed by atoms with Gasteiger partial charge in [0.25, 0.3) is 0 Å². The summed E-state index contributed by atoms with van der Waals surface area (Å²) in [6.45, 7) is 2.09. The van der Waals surface area contributed by atoms with Crippen LogP contribution in [0.2, 0.25) is 0 Å². The molecule has 0 aliphatic heterocycles. The van der Waals surface area contributed by atoms with Crippen molar-refractivity contribution in [2.45, 2.75) is 13.5 Å². The van der Waals surface area contributed by atoms with Crippen LogP contribution in [-0.2, 0) is 11.3 Å². The standard InChI is InChI=1S/C16H16N4O/c1-10-4-2-5-11(8-10)16-19-15-12(17)6-3-7-13(15)20(16)9-14(18)21/h2-8H,9,17H2,1H3,(H2,18,21). The fourth-order valence-corrected chi connectivity index (χ4v) is 2.49. The molecule has 0 aliphatic rings. The van der Waals surface area contributed by atoms with E-state index in [1.807, 2.05) is 47.9 Å². The lowest BCUT2D eigenvalue weighted by atomic mass is 10.1. The maximum Gasteiger partial charge on any atom is 0.237 e. The molecule has 0 radical (unpaired) electrons. The van der Waals surface area contributed by atoms with Gasteiger partial charge in [0, 0.05) is 5.56 Å². The number of primary amides is 1. The molecule has 0 atom stereocenters. The Hall–Kier alpha value is -2.82. The zero-order valence-electron chi connectivity index (χ0n) is 11.7. The first-order valence-corrected chi connectivity index (χ1v) is 6.66. The van der Waals surface area contributed by atoms with E-state index in [2.05, 4.69) is 4.98 Å².